The molecule has 30 heavy (non-hydrogen) atoms. The second-order valence-electron chi connectivity index (χ2n) is 7.23. The van der Waals surface area contributed by atoms with Gasteiger partial charge in [-0.1, -0.05) is 37.3 Å². The van der Waals surface area contributed by atoms with Gasteiger partial charge in [-0.3, -0.25) is 5.32 Å². The second-order valence-corrected chi connectivity index (χ2v) is 7.23. The number of benzene rings is 3. The van der Waals surface area contributed by atoms with E-state index >= 15 is 0 Å². The highest BCUT2D eigenvalue weighted by Crippen LogP contribution is 2.37. The third kappa shape index (κ3) is 3.97. The van der Waals surface area contributed by atoms with E-state index in [1.165, 1.54) is 0 Å². The van der Waals surface area contributed by atoms with Crippen molar-refractivity contribution in [3.05, 3.63) is 60.2 Å². The lowest BCUT2D eigenvalue weighted by Gasteiger charge is -2.25. The molecule has 156 valence electrons. The van der Waals surface area contributed by atoms with E-state index in [2.05, 4.69) is 5.32 Å². The molecular weight excluding hydrogens is 386 g/mol. The van der Waals surface area contributed by atoms with Gasteiger partial charge in [-0.25, -0.2) is 4.79 Å². The lowest BCUT2D eigenvalue weighted by Crippen LogP contribution is -2.22. The first kappa shape index (κ1) is 19.8. The molecule has 3 N–H and O–H groups in total. The fraction of sp³-hybridized carbons (Fsp3) is 0.261. The summed E-state index contributed by atoms with van der Waals surface area (Å²) >= 11 is 0. The first-order chi connectivity index (χ1) is 14.6. The van der Waals surface area contributed by atoms with Crippen LogP contribution in [0.1, 0.15) is 25.0 Å². The number of aliphatic hydroxyl groups excluding tert-OH is 1. The Bertz CT molecular complexity index is 1070. The van der Waals surface area contributed by atoms with Crippen LogP contribution in [0.5, 0.6) is 17.2 Å². The van der Waals surface area contributed by atoms with E-state index in [9.17, 15) is 15.0 Å². The van der Waals surface area contributed by atoms with Gasteiger partial charge in [-0.2, -0.15) is 0 Å². The summed E-state index contributed by atoms with van der Waals surface area (Å²) in [6, 6.07) is 15.8. The maximum atomic E-state index is 12.7. The summed E-state index contributed by atoms with van der Waals surface area (Å²) < 4.78 is 16.4. The highest BCUT2D eigenvalue weighted by Gasteiger charge is 2.26. The van der Waals surface area contributed by atoms with Crippen molar-refractivity contribution in [3.8, 4) is 17.2 Å². The summed E-state index contributed by atoms with van der Waals surface area (Å²) in [5.74, 6) is 1.19. The number of phenolic OH excluding ortho intramolecular Hbond substituents is 1. The van der Waals surface area contributed by atoms with Crippen LogP contribution >= 0.6 is 0 Å². The maximum Gasteiger partial charge on any atom is 0.412 e. The summed E-state index contributed by atoms with van der Waals surface area (Å²) in [4.78, 5) is 12.7. The number of aromatic hydroxyl groups is 1. The van der Waals surface area contributed by atoms with Crippen LogP contribution < -0.4 is 14.8 Å². The average Bonchev–Trinajstić information content (AvgIpc) is 3.21. The highest BCUT2D eigenvalue weighted by molar-refractivity contribution is 5.91. The fourth-order valence-electron chi connectivity index (χ4n) is 3.63. The van der Waals surface area contributed by atoms with Gasteiger partial charge in [0.2, 0.25) is 6.79 Å². The standard InChI is InChI=1S/C23H23NO6/c1-14(10-11-25)22(18-7-8-19(26)17-5-3-2-4-16(17)18)30-23(27)24-15-6-9-20-21(12-15)29-13-28-20/h2-9,12,14,22,25-26H,10-11,13H2,1H3,(H,24,27)/t14-,22+/m0/s1. The summed E-state index contributed by atoms with van der Waals surface area (Å²) in [6.45, 7) is 2.04. The molecule has 3 aromatic rings. The molecule has 0 fully saturated rings. The smallest absolute Gasteiger partial charge is 0.412 e. The van der Waals surface area contributed by atoms with Crippen LogP contribution in [0.3, 0.4) is 0 Å². The Labute approximate surface area is 173 Å². The number of fused-ring (bicyclic) bond motifs is 2. The van der Waals surface area contributed by atoms with Crippen LogP contribution in [-0.4, -0.2) is 29.7 Å². The van der Waals surface area contributed by atoms with Crippen LogP contribution in [0.4, 0.5) is 10.5 Å². The van der Waals surface area contributed by atoms with E-state index in [0.29, 0.717) is 29.0 Å². The van der Waals surface area contributed by atoms with Crippen molar-refractivity contribution in [1.82, 2.24) is 0 Å². The molecule has 0 radical (unpaired) electrons. The number of hydrogen-bond acceptors (Lipinski definition) is 6. The van der Waals surface area contributed by atoms with Gasteiger partial charge in [-0.05, 0) is 35.9 Å². The van der Waals surface area contributed by atoms with Crippen molar-refractivity contribution >= 4 is 22.6 Å². The molecule has 0 unspecified atom stereocenters. The summed E-state index contributed by atoms with van der Waals surface area (Å²) in [7, 11) is 0. The second kappa shape index (κ2) is 8.51. The molecule has 0 bridgehead atoms. The molecule has 0 aromatic heterocycles. The minimum Gasteiger partial charge on any atom is -0.507 e. The van der Waals surface area contributed by atoms with Gasteiger partial charge >= 0.3 is 6.09 Å². The first-order valence-corrected chi connectivity index (χ1v) is 9.75. The Morgan fingerprint density at radius 2 is 1.87 bits per heavy atom. The lowest BCUT2D eigenvalue weighted by atomic mass is 9.91. The molecular formula is C23H23NO6. The minimum absolute atomic E-state index is 0.0270. The van der Waals surface area contributed by atoms with E-state index in [1.807, 2.05) is 31.2 Å². The van der Waals surface area contributed by atoms with E-state index < -0.39 is 12.2 Å². The third-order valence-electron chi connectivity index (χ3n) is 5.20. The topological polar surface area (TPSA) is 97.3 Å². The number of hydrogen-bond donors (Lipinski definition) is 3. The number of amides is 1. The molecule has 1 aliphatic heterocycles. The van der Waals surface area contributed by atoms with E-state index in [4.69, 9.17) is 14.2 Å². The zero-order valence-corrected chi connectivity index (χ0v) is 16.5. The molecule has 3 aromatic carbocycles. The lowest BCUT2D eigenvalue weighted by molar-refractivity contribution is 0.0676. The summed E-state index contributed by atoms with van der Waals surface area (Å²) in [6.07, 6.45) is -0.783. The number of anilines is 1. The van der Waals surface area contributed by atoms with Gasteiger partial charge in [0.15, 0.2) is 11.5 Å². The monoisotopic (exact) mass is 409 g/mol. The highest BCUT2D eigenvalue weighted by atomic mass is 16.7. The Kier molecular flexibility index (Phi) is 5.63. The van der Waals surface area contributed by atoms with Crippen LogP contribution in [0, 0.1) is 5.92 Å². The molecule has 1 aliphatic rings. The Hall–Kier alpha value is -3.45. The number of aliphatic hydroxyl groups is 1. The number of carbonyl (C=O) groups is 1. The molecule has 0 saturated carbocycles. The predicted molar refractivity (Wildman–Crippen MR) is 112 cm³/mol. The van der Waals surface area contributed by atoms with Crippen molar-refractivity contribution in [3.63, 3.8) is 0 Å². The van der Waals surface area contributed by atoms with Gasteiger partial charge < -0.3 is 24.4 Å². The van der Waals surface area contributed by atoms with Crippen molar-refractivity contribution in [1.29, 1.82) is 0 Å². The minimum atomic E-state index is -0.624. The molecule has 0 aliphatic carbocycles. The number of carbonyl (C=O) groups excluding carboxylic acids is 1. The third-order valence-corrected chi connectivity index (χ3v) is 5.20. The van der Waals surface area contributed by atoms with E-state index in [1.54, 1.807) is 30.3 Å². The predicted octanol–water partition coefficient (Wildman–Crippen LogP) is 4.58. The number of ether oxygens (including phenoxy) is 3. The van der Waals surface area contributed by atoms with Gasteiger partial charge in [0.25, 0.3) is 0 Å². The van der Waals surface area contributed by atoms with Gasteiger partial charge in [0, 0.05) is 29.3 Å². The fourth-order valence-corrected chi connectivity index (χ4v) is 3.63. The molecule has 1 heterocycles. The van der Waals surface area contributed by atoms with E-state index in [0.717, 1.165) is 10.9 Å². The molecule has 4 rings (SSSR count). The van der Waals surface area contributed by atoms with Gasteiger partial charge in [0.05, 0.1) is 0 Å². The molecule has 1 amide bonds. The zero-order valence-electron chi connectivity index (χ0n) is 16.5. The Morgan fingerprint density at radius 3 is 2.67 bits per heavy atom. The zero-order chi connectivity index (χ0) is 21.1. The van der Waals surface area contributed by atoms with Gasteiger partial charge in [-0.15, -0.1) is 0 Å². The van der Waals surface area contributed by atoms with Crippen molar-refractivity contribution < 1.29 is 29.2 Å². The molecule has 7 nitrogen and oxygen atoms in total. The molecule has 2 atom stereocenters. The normalized spacial score (nSPS) is 14.3. The van der Waals surface area contributed by atoms with Gasteiger partial charge in [0.1, 0.15) is 11.9 Å². The Morgan fingerprint density at radius 1 is 1.10 bits per heavy atom. The number of rotatable bonds is 6. The first-order valence-electron chi connectivity index (χ1n) is 9.75. The van der Waals surface area contributed by atoms with Crippen molar-refractivity contribution in [2.24, 2.45) is 5.92 Å². The van der Waals surface area contributed by atoms with Crippen LogP contribution in [0.15, 0.2) is 54.6 Å². The largest absolute Gasteiger partial charge is 0.507 e. The summed E-state index contributed by atoms with van der Waals surface area (Å²) in [5.41, 5.74) is 1.29. The molecule has 0 saturated heterocycles. The van der Waals surface area contributed by atoms with E-state index in [-0.39, 0.29) is 25.1 Å². The number of phenols is 1. The molecule has 0 spiro atoms. The van der Waals surface area contributed by atoms with Crippen molar-refractivity contribution in [2.45, 2.75) is 19.4 Å². The maximum absolute atomic E-state index is 12.7. The average molecular weight is 409 g/mol. The quantitative estimate of drug-likeness (QED) is 0.551. The van der Waals surface area contributed by atoms with Crippen LogP contribution in [0.25, 0.3) is 10.8 Å². The SMILES string of the molecule is C[C@@H](CCO)[C@@H](OC(=O)Nc1ccc2c(c1)OCO2)c1ccc(O)c2ccccc12. The van der Waals surface area contributed by atoms with Crippen LogP contribution in [-0.2, 0) is 4.74 Å². The van der Waals surface area contributed by atoms with Crippen LogP contribution in [0.2, 0.25) is 0 Å². The summed E-state index contributed by atoms with van der Waals surface area (Å²) in [5, 5.41) is 23.8. The van der Waals surface area contributed by atoms with Crippen molar-refractivity contribution in [2.75, 3.05) is 18.7 Å². The Balaban J connectivity index is 1.60. The molecule has 7 heteroatoms. The number of nitrogens with one attached hydrogen (secondary N) is 1.